The van der Waals surface area contributed by atoms with Crippen LogP contribution in [0.3, 0.4) is 0 Å². The summed E-state index contributed by atoms with van der Waals surface area (Å²) in [5, 5.41) is 8.51. The molecule has 0 unspecified atom stereocenters. The van der Waals surface area contributed by atoms with Crippen LogP contribution in [-0.4, -0.2) is 11.1 Å². The zero-order valence-corrected chi connectivity index (χ0v) is 7.04. The van der Waals surface area contributed by atoms with Crippen molar-refractivity contribution in [2.75, 3.05) is 0 Å². The number of aryl methyl sites for hydroxylation is 1. The van der Waals surface area contributed by atoms with Crippen molar-refractivity contribution < 1.29 is 26.7 Å². The van der Waals surface area contributed by atoms with Crippen LogP contribution in [0.25, 0.3) is 0 Å². The molecule has 0 amide bonds. The van der Waals surface area contributed by atoms with Crippen molar-refractivity contribution >= 4 is 5.97 Å². The monoisotopic (exact) mass is 195 g/mol. The third-order valence-electron chi connectivity index (χ3n) is 1.27. The zero-order valence-electron chi connectivity index (χ0n) is 6.00. The van der Waals surface area contributed by atoms with Crippen molar-refractivity contribution in [1.29, 1.82) is 0 Å². The van der Waals surface area contributed by atoms with Gasteiger partial charge in [0.2, 0.25) is 0 Å². The number of carboxylic acid groups (broad SMARTS) is 1. The second-order valence-corrected chi connectivity index (χ2v) is 2.17. The number of carboxylic acids is 1. The first-order chi connectivity index (χ1) is 4.70. The second-order valence-electron chi connectivity index (χ2n) is 2.17. The molecule has 3 heteroatoms. The molecule has 2 nitrogen and oxygen atoms in total. The first-order valence-electron chi connectivity index (χ1n) is 3.00. The standard InChI is InChI=1S/C8H8O2.Co/c1-6-3-2-4-7(5-6)8(9)10;/h2-5H,1H3,(H,9,10);. The van der Waals surface area contributed by atoms with E-state index in [9.17, 15) is 4.79 Å². The molecule has 1 N–H and O–H groups in total. The van der Waals surface area contributed by atoms with Crippen molar-refractivity contribution in [3.05, 3.63) is 35.4 Å². The van der Waals surface area contributed by atoms with Gasteiger partial charge < -0.3 is 5.11 Å². The average molecular weight is 195 g/mol. The summed E-state index contributed by atoms with van der Waals surface area (Å²) >= 11 is 0. The van der Waals surface area contributed by atoms with Gasteiger partial charge in [-0.1, -0.05) is 17.7 Å². The normalized spacial score (nSPS) is 8.45. The van der Waals surface area contributed by atoms with Gasteiger partial charge >= 0.3 is 5.97 Å². The van der Waals surface area contributed by atoms with Crippen LogP contribution in [0.5, 0.6) is 0 Å². The Bertz CT molecular complexity index is 258. The first kappa shape index (κ1) is 10.2. The van der Waals surface area contributed by atoms with Crippen LogP contribution in [0.15, 0.2) is 24.3 Å². The van der Waals surface area contributed by atoms with E-state index < -0.39 is 5.97 Å². The number of benzene rings is 1. The van der Waals surface area contributed by atoms with Crippen molar-refractivity contribution in [3.8, 4) is 0 Å². The maximum absolute atomic E-state index is 10.4. The molecule has 1 rings (SSSR count). The van der Waals surface area contributed by atoms with E-state index in [1.165, 1.54) is 0 Å². The third kappa shape index (κ3) is 2.73. The van der Waals surface area contributed by atoms with Crippen LogP contribution >= 0.6 is 0 Å². The Hall–Kier alpha value is -0.804. The predicted molar refractivity (Wildman–Crippen MR) is 38.1 cm³/mol. The summed E-state index contributed by atoms with van der Waals surface area (Å²) in [6, 6.07) is 6.82. The molecule has 0 aromatic heterocycles. The third-order valence-corrected chi connectivity index (χ3v) is 1.27. The van der Waals surface area contributed by atoms with Gasteiger partial charge in [0, 0.05) is 16.8 Å². The van der Waals surface area contributed by atoms with Crippen molar-refractivity contribution in [2.24, 2.45) is 0 Å². The molecule has 61 valence electrons. The largest absolute Gasteiger partial charge is 0.478 e. The smallest absolute Gasteiger partial charge is 0.335 e. The Morgan fingerprint density at radius 2 is 2.09 bits per heavy atom. The van der Waals surface area contributed by atoms with E-state index >= 15 is 0 Å². The molecular formula is C8H8CoO2. The number of carbonyl (C=O) groups is 1. The maximum Gasteiger partial charge on any atom is 0.335 e. The predicted octanol–water partition coefficient (Wildman–Crippen LogP) is 1.69. The molecule has 0 bridgehead atoms. The topological polar surface area (TPSA) is 37.3 Å². The van der Waals surface area contributed by atoms with E-state index in [0.29, 0.717) is 5.56 Å². The Morgan fingerprint density at radius 1 is 1.45 bits per heavy atom. The number of aromatic carboxylic acids is 1. The molecule has 0 saturated heterocycles. The van der Waals surface area contributed by atoms with Gasteiger partial charge in [-0.05, 0) is 19.1 Å². The molecule has 1 aromatic rings. The van der Waals surface area contributed by atoms with Crippen LogP contribution in [0.2, 0.25) is 0 Å². The molecule has 1 aromatic carbocycles. The summed E-state index contributed by atoms with van der Waals surface area (Å²) in [5.74, 6) is -0.872. The molecule has 0 fully saturated rings. The summed E-state index contributed by atoms with van der Waals surface area (Å²) in [4.78, 5) is 10.4. The van der Waals surface area contributed by atoms with Gasteiger partial charge in [0.25, 0.3) is 0 Å². The summed E-state index contributed by atoms with van der Waals surface area (Å²) in [6.45, 7) is 1.87. The van der Waals surface area contributed by atoms with E-state index in [0.717, 1.165) is 5.56 Å². The van der Waals surface area contributed by atoms with Crippen LogP contribution in [-0.2, 0) is 16.8 Å². The van der Waals surface area contributed by atoms with E-state index in [-0.39, 0.29) is 16.8 Å². The van der Waals surface area contributed by atoms with E-state index in [1.54, 1.807) is 18.2 Å². The minimum absolute atomic E-state index is 0. The fraction of sp³-hybridized carbons (Fsp3) is 0.125. The number of rotatable bonds is 1. The Kier molecular flexibility index (Phi) is 3.85. The molecule has 0 spiro atoms. The fourth-order valence-electron chi connectivity index (χ4n) is 0.778. The van der Waals surface area contributed by atoms with E-state index in [1.807, 2.05) is 13.0 Å². The maximum atomic E-state index is 10.4. The van der Waals surface area contributed by atoms with E-state index in [4.69, 9.17) is 5.11 Å². The van der Waals surface area contributed by atoms with Crippen molar-refractivity contribution in [3.63, 3.8) is 0 Å². The van der Waals surface area contributed by atoms with Gasteiger partial charge in [-0.3, -0.25) is 0 Å². The summed E-state index contributed by atoms with van der Waals surface area (Å²) in [7, 11) is 0. The van der Waals surface area contributed by atoms with Gasteiger partial charge in [0.15, 0.2) is 0 Å². The molecule has 0 atom stereocenters. The molecule has 0 aliphatic carbocycles. The number of hydrogen-bond acceptors (Lipinski definition) is 1. The molecular weight excluding hydrogens is 187 g/mol. The molecule has 0 heterocycles. The molecule has 11 heavy (non-hydrogen) atoms. The minimum Gasteiger partial charge on any atom is -0.478 e. The zero-order chi connectivity index (χ0) is 7.56. The van der Waals surface area contributed by atoms with E-state index in [2.05, 4.69) is 0 Å². The minimum atomic E-state index is -0.872. The Morgan fingerprint density at radius 3 is 2.45 bits per heavy atom. The van der Waals surface area contributed by atoms with Gasteiger partial charge in [-0.2, -0.15) is 0 Å². The van der Waals surface area contributed by atoms with Crippen LogP contribution in [0.1, 0.15) is 15.9 Å². The Balaban J connectivity index is 0.000001000. The SMILES string of the molecule is Cc1cccc(C(=O)O)c1.[Co]. The van der Waals surface area contributed by atoms with Crippen LogP contribution in [0.4, 0.5) is 0 Å². The van der Waals surface area contributed by atoms with Gasteiger partial charge in [0.05, 0.1) is 5.56 Å². The first-order valence-corrected chi connectivity index (χ1v) is 3.00. The average Bonchev–Trinajstić information content (AvgIpc) is 1.88. The summed E-state index contributed by atoms with van der Waals surface area (Å²) in [5.41, 5.74) is 1.32. The molecule has 0 aliphatic rings. The van der Waals surface area contributed by atoms with Crippen LogP contribution < -0.4 is 0 Å². The molecule has 0 aliphatic heterocycles. The van der Waals surface area contributed by atoms with Crippen molar-refractivity contribution in [1.82, 2.24) is 0 Å². The quantitative estimate of drug-likeness (QED) is 0.740. The van der Waals surface area contributed by atoms with Gasteiger partial charge in [-0.25, -0.2) is 4.79 Å². The molecule has 1 radical (unpaired) electrons. The van der Waals surface area contributed by atoms with Crippen LogP contribution in [0, 0.1) is 6.92 Å². The Labute approximate surface area is 75.4 Å². The fourth-order valence-corrected chi connectivity index (χ4v) is 0.778. The number of hydrogen-bond donors (Lipinski definition) is 1. The van der Waals surface area contributed by atoms with Gasteiger partial charge in [0.1, 0.15) is 0 Å². The van der Waals surface area contributed by atoms with Crippen molar-refractivity contribution in [2.45, 2.75) is 6.92 Å². The second kappa shape index (κ2) is 4.15. The molecule has 0 saturated carbocycles. The summed E-state index contributed by atoms with van der Waals surface area (Å²) < 4.78 is 0. The van der Waals surface area contributed by atoms with Gasteiger partial charge in [-0.15, -0.1) is 0 Å². The summed E-state index contributed by atoms with van der Waals surface area (Å²) in [6.07, 6.45) is 0.